The molecule has 0 saturated heterocycles. The SMILES string of the molecule is NCCN(Cc1ccccc1)c1cccc(NS(=O)(=O)c2cc(Br)ccc2F)c1. The summed E-state index contributed by atoms with van der Waals surface area (Å²) in [6.45, 7) is 1.69. The molecule has 3 aromatic rings. The molecule has 3 rings (SSSR count). The van der Waals surface area contributed by atoms with Crippen LogP contribution in [0.15, 0.2) is 82.2 Å². The lowest BCUT2D eigenvalue weighted by Gasteiger charge is -2.25. The van der Waals surface area contributed by atoms with Crippen molar-refractivity contribution in [3.63, 3.8) is 0 Å². The number of nitrogens with one attached hydrogen (secondary N) is 1. The van der Waals surface area contributed by atoms with E-state index in [1.165, 1.54) is 12.1 Å². The number of nitrogens with two attached hydrogens (primary N) is 1. The van der Waals surface area contributed by atoms with Gasteiger partial charge in [0.05, 0.1) is 5.69 Å². The van der Waals surface area contributed by atoms with Crippen LogP contribution in [-0.4, -0.2) is 21.5 Å². The smallest absolute Gasteiger partial charge is 0.264 e. The molecule has 152 valence electrons. The van der Waals surface area contributed by atoms with Gasteiger partial charge in [-0.1, -0.05) is 52.3 Å². The lowest BCUT2D eigenvalue weighted by Crippen LogP contribution is -2.29. The summed E-state index contributed by atoms with van der Waals surface area (Å²) in [5.74, 6) is -0.814. The van der Waals surface area contributed by atoms with E-state index < -0.39 is 20.7 Å². The average molecular weight is 478 g/mol. The molecule has 0 amide bonds. The molecule has 0 heterocycles. The molecule has 0 atom stereocenters. The molecule has 5 nitrogen and oxygen atoms in total. The zero-order valence-corrected chi connectivity index (χ0v) is 18.0. The van der Waals surface area contributed by atoms with Crippen molar-refractivity contribution >= 4 is 37.3 Å². The summed E-state index contributed by atoms with van der Waals surface area (Å²) in [4.78, 5) is 1.65. The molecule has 0 fully saturated rings. The van der Waals surface area contributed by atoms with Gasteiger partial charge in [-0.25, -0.2) is 12.8 Å². The van der Waals surface area contributed by atoms with E-state index in [1.807, 2.05) is 36.4 Å². The Morgan fingerprint density at radius 3 is 2.48 bits per heavy atom. The highest BCUT2D eigenvalue weighted by molar-refractivity contribution is 9.10. The van der Waals surface area contributed by atoms with Crippen LogP contribution in [0.2, 0.25) is 0 Å². The van der Waals surface area contributed by atoms with E-state index >= 15 is 0 Å². The van der Waals surface area contributed by atoms with Crippen molar-refractivity contribution in [2.24, 2.45) is 5.73 Å². The summed E-state index contributed by atoms with van der Waals surface area (Å²) >= 11 is 3.18. The maximum absolute atomic E-state index is 14.1. The quantitative estimate of drug-likeness (QED) is 0.505. The second kappa shape index (κ2) is 9.39. The summed E-state index contributed by atoms with van der Waals surface area (Å²) in [5.41, 5.74) is 8.04. The van der Waals surface area contributed by atoms with Crippen molar-refractivity contribution in [2.75, 3.05) is 22.7 Å². The van der Waals surface area contributed by atoms with Crippen LogP contribution >= 0.6 is 15.9 Å². The van der Waals surface area contributed by atoms with Crippen molar-refractivity contribution in [2.45, 2.75) is 11.4 Å². The third kappa shape index (κ3) is 5.56. The van der Waals surface area contributed by atoms with Gasteiger partial charge < -0.3 is 10.6 Å². The molecule has 29 heavy (non-hydrogen) atoms. The van der Waals surface area contributed by atoms with Gasteiger partial charge >= 0.3 is 0 Å². The summed E-state index contributed by atoms with van der Waals surface area (Å²) in [5, 5.41) is 0. The third-order valence-corrected chi connectivity index (χ3v) is 6.15. The first kappa shape index (κ1) is 21.3. The minimum atomic E-state index is -4.08. The molecule has 0 unspecified atom stereocenters. The standard InChI is InChI=1S/C21H21BrFN3O2S/c22-17-9-10-20(23)21(13-17)29(27,28)25-18-7-4-8-19(14-18)26(12-11-24)15-16-5-2-1-3-6-16/h1-10,13-14,25H,11-12,15,24H2. The Morgan fingerprint density at radius 1 is 1.00 bits per heavy atom. The van der Waals surface area contributed by atoms with E-state index in [1.54, 1.807) is 18.2 Å². The second-order valence-corrected chi connectivity index (χ2v) is 8.99. The third-order valence-electron chi connectivity index (χ3n) is 4.26. The monoisotopic (exact) mass is 477 g/mol. The Labute approximate surface area is 178 Å². The molecule has 3 N–H and O–H groups in total. The molecule has 0 aliphatic rings. The Bertz CT molecular complexity index is 1080. The van der Waals surface area contributed by atoms with Crippen molar-refractivity contribution in [1.29, 1.82) is 0 Å². The molecule has 0 saturated carbocycles. The highest BCUT2D eigenvalue weighted by Gasteiger charge is 2.20. The largest absolute Gasteiger partial charge is 0.366 e. The molecule has 0 spiro atoms. The normalized spacial score (nSPS) is 11.3. The predicted molar refractivity (Wildman–Crippen MR) is 118 cm³/mol. The van der Waals surface area contributed by atoms with Crippen LogP contribution in [0, 0.1) is 5.82 Å². The van der Waals surface area contributed by atoms with E-state index in [2.05, 4.69) is 25.6 Å². The van der Waals surface area contributed by atoms with Crippen LogP contribution in [0.1, 0.15) is 5.56 Å². The Hall–Kier alpha value is -2.42. The fourth-order valence-corrected chi connectivity index (χ4v) is 4.59. The van der Waals surface area contributed by atoms with Crippen LogP contribution < -0.4 is 15.4 Å². The maximum atomic E-state index is 14.1. The van der Waals surface area contributed by atoms with Crippen LogP contribution in [0.25, 0.3) is 0 Å². The molecule has 8 heteroatoms. The number of rotatable bonds is 8. The van der Waals surface area contributed by atoms with E-state index in [4.69, 9.17) is 5.73 Å². The highest BCUT2D eigenvalue weighted by Crippen LogP contribution is 2.26. The number of hydrogen-bond acceptors (Lipinski definition) is 4. The Kier molecular flexibility index (Phi) is 6.89. The lowest BCUT2D eigenvalue weighted by molar-refractivity contribution is 0.570. The van der Waals surface area contributed by atoms with E-state index in [-0.39, 0.29) is 0 Å². The number of nitrogens with zero attached hydrogens (tertiary/aromatic N) is 1. The fourth-order valence-electron chi connectivity index (χ4n) is 2.92. The molecule has 0 aliphatic carbocycles. The van der Waals surface area contributed by atoms with Gasteiger partial charge in [-0.15, -0.1) is 0 Å². The molecule has 0 aliphatic heterocycles. The number of benzene rings is 3. The predicted octanol–water partition coefficient (Wildman–Crippen LogP) is 4.35. The topological polar surface area (TPSA) is 75.4 Å². The average Bonchev–Trinajstić information content (AvgIpc) is 2.70. The number of anilines is 2. The number of sulfonamides is 1. The van der Waals surface area contributed by atoms with Gasteiger partial charge in [0.1, 0.15) is 10.7 Å². The van der Waals surface area contributed by atoms with Crippen LogP contribution in [0.5, 0.6) is 0 Å². The molecule has 0 aromatic heterocycles. The van der Waals surface area contributed by atoms with E-state index in [9.17, 15) is 12.8 Å². The molecular formula is C21H21BrFN3O2S. The second-order valence-electron chi connectivity index (χ2n) is 6.43. The summed E-state index contributed by atoms with van der Waals surface area (Å²) in [6.07, 6.45) is 0. The van der Waals surface area contributed by atoms with Crippen LogP contribution in [0.3, 0.4) is 0 Å². The van der Waals surface area contributed by atoms with Gasteiger partial charge in [-0.3, -0.25) is 4.72 Å². The van der Waals surface area contributed by atoms with Gasteiger partial charge in [0, 0.05) is 29.8 Å². The maximum Gasteiger partial charge on any atom is 0.264 e. The first-order valence-electron chi connectivity index (χ1n) is 8.96. The first-order chi connectivity index (χ1) is 13.9. The van der Waals surface area contributed by atoms with Gasteiger partial charge in [0.2, 0.25) is 0 Å². The van der Waals surface area contributed by atoms with E-state index in [0.29, 0.717) is 29.8 Å². The van der Waals surface area contributed by atoms with Gasteiger partial charge in [-0.05, 0) is 42.0 Å². The Balaban J connectivity index is 1.86. The first-order valence-corrected chi connectivity index (χ1v) is 11.2. The summed E-state index contributed by atoms with van der Waals surface area (Å²) in [7, 11) is -4.08. The van der Waals surface area contributed by atoms with Gasteiger partial charge in [0.25, 0.3) is 10.0 Å². The van der Waals surface area contributed by atoms with Gasteiger partial charge in [0.15, 0.2) is 0 Å². The van der Waals surface area contributed by atoms with Crippen molar-refractivity contribution in [3.8, 4) is 0 Å². The molecule has 3 aromatic carbocycles. The van der Waals surface area contributed by atoms with Crippen LogP contribution in [0.4, 0.5) is 15.8 Å². The summed E-state index contributed by atoms with van der Waals surface area (Å²) in [6, 6.07) is 20.7. The Morgan fingerprint density at radius 2 is 1.76 bits per heavy atom. The number of halogens is 2. The molecule has 0 radical (unpaired) electrons. The van der Waals surface area contributed by atoms with Crippen LogP contribution in [-0.2, 0) is 16.6 Å². The van der Waals surface area contributed by atoms with Crippen molar-refractivity contribution < 1.29 is 12.8 Å². The zero-order chi connectivity index (χ0) is 20.9. The van der Waals surface area contributed by atoms with Gasteiger partial charge in [-0.2, -0.15) is 0 Å². The number of hydrogen-bond donors (Lipinski definition) is 2. The minimum Gasteiger partial charge on any atom is -0.366 e. The fraction of sp³-hybridized carbons (Fsp3) is 0.143. The highest BCUT2D eigenvalue weighted by atomic mass is 79.9. The minimum absolute atomic E-state index is 0.344. The van der Waals surface area contributed by atoms with Crippen molar-refractivity contribution in [3.05, 3.63) is 88.6 Å². The molecule has 0 bridgehead atoms. The zero-order valence-electron chi connectivity index (χ0n) is 15.6. The lowest BCUT2D eigenvalue weighted by atomic mass is 10.2. The summed E-state index contributed by atoms with van der Waals surface area (Å²) < 4.78 is 42.3. The van der Waals surface area contributed by atoms with Crippen molar-refractivity contribution in [1.82, 2.24) is 0 Å². The molecular weight excluding hydrogens is 457 g/mol. The van der Waals surface area contributed by atoms with E-state index in [0.717, 1.165) is 17.3 Å².